The first-order chi connectivity index (χ1) is 14.0. The van der Waals surface area contributed by atoms with E-state index in [0.29, 0.717) is 22.2 Å². The van der Waals surface area contributed by atoms with E-state index in [1.54, 1.807) is 32.9 Å². The van der Waals surface area contributed by atoms with E-state index in [-0.39, 0.29) is 19.3 Å². The minimum Gasteiger partial charge on any atom is -0.458 e. The average Bonchev–Trinajstić information content (AvgIpc) is 2.97. The molecule has 1 aliphatic rings. The van der Waals surface area contributed by atoms with Gasteiger partial charge in [-0.05, 0) is 69.7 Å². The lowest BCUT2D eigenvalue weighted by molar-refractivity contribution is -0.160. The van der Waals surface area contributed by atoms with Crippen LogP contribution in [-0.4, -0.2) is 50.1 Å². The Bertz CT molecular complexity index is 1030. The molecule has 0 spiro atoms. The van der Waals surface area contributed by atoms with Crippen LogP contribution < -0.4 is 0 Å². The molecule has 3 rings (SSSR count). The zero-order chi connectivity index (χ0) is 22.1. The van der Waals surface area contributed by atoms with Crippen molar-refractivity contribution in [1.82, 2.24) is 4.31 Å². The Morgan fingerprint density at radius 3 is 2.73 bits per heavy atom. The highest BCUT2D eigenvalue weighted by molar-refractivity contribution is 7.91. The molecule has 1 atom stereocenters. The molecule has 0 aliphatic carbocycles. The number of piperidine rings is 1. The van der Waals surface area contributed by atoms with Crippen molar-refractivity contribution >= 4 is 49.0 Å². The number of nitrogens with zero attached hydrogens (tertiary/aromatic N) is 1. The summed E-state index contributed by atoms with van der Waals surface area (Å²) in [6, 6.07) is 5.12. The number of ether oxygens (including phenoxy) is 2. The van der Waals surface area contributed by atoms with Crippen LogP contribution in [0.1, 0.15) is 45.6 Å². The van der Waals surface area contributed by atoms with Crippen LogP contribution in [0.15, 0.2) is 22.4 Å². The second kappa shape index (κ2) is 9.12. The zero-order valence-corrected chi connectivity index (χ0v) is 20.1. The van der Waals surface area contributed by atoms with Gasteiger partial charge in [0.1, 0.15) is 16.4 Å². The fraction of sp³-hybridized carbons (Fsp3) is 0.571. The predicted molar refractivity (Wildman–Crippen MR) is 120 cm³/mol. The van der Waals surface area contributed by atoms with E-state index < -0.39 is 21.6 Å². The largest absolute Gasteiger partial charge is 0.458 e. The van der Waals surface area contributed by atoms with E-state index in [1.165, 1.54) is 15.6 Å². The Morgan fingerprint density at radius 1 is 1.30 bits per heavy atom. The highest BCUT2D eigenvalue weighted by Gasteiger charge is 2.36. The van der Waals surface area contributed by atoms with Crippen molar-refractivity contribution < 1.29 is 22.7 Å². The summed E-state index contributed by atoms with van der Waals surface area (Å²) in [6.45, 7) is 7.61. The average molecular weight is 474 g/mol. The first kappa shape index (κ1) is 23.5. The molecule has 1 aliphatic heterocycles. The molecule has 6 nitrogen and oxygen atoms in total. The monoisotopic (exact) mass is 473 g/mol. The molecule has 0 radical (unpaired) electrons. The van der Waals surface area contributed by atoms with Gasteiger partial charge in [0.05, 0.1) is 6.61 Å². The third-order valence-electron chi connectivity index (χ3n) is 4.92. The van der Waals surface area contributed by atoms with Crippen LogP contribution in [0.25, 0.3) is 10.1 Å². The fourth-order valence-electron chi connectivity index (χ4n) is 3.63. The lowest BCUT2D eigenvalue weighted by Gasteiger charge is -2.34. The van der Waals surface area contributed by atoms with Crippen LogP contribution in [0.4, 0.5) is 0 Å². The minimum absolute atomic E-state index is 0.161. The molecule has 0 saturated carbocycles. The van der Waals surface area contributed by atoms with Crippen molar-refractivity contribution in [2.75, 3.05) is 19.8 Å². The van der Waals surface area contributed by atoms with Crippen LogP contribution in [0.5, 0.6) is 0 Å². The smallest absolute Gasteiger partial charge is 0.332 e. The molecule has 1 aromatic heterocycles. The number of rotatable bonds is 6. The second-order valence-electron chi connectivity index (χ2n) is 8.52. The van der Waals surface area contributed by atoms with Gasteiger partial charge in [-0.3, -0.25) is 0 Å². The van der Waals surface area contributed by atoms with E-state index >= 15 is 0 Å². The van der Waals surface area contributed by atoms with Crippen molar-refractivity contribution in [3.8, 4) is 0 Å². The van der Waals surface area contributed by atoms with Crippen molar-refractivity contribution in [1.29, 1.82) is 0 Å². The summed E-state index contributed by atoms with van der Waals surface area (Å²) in [5.74, 6) is -0.454. The van der Waals surface area contributed by atoms with Gasteiger partial charge in [-0.15, -0.1) is 11.3 Å². The standard InChI is InChI=1S/C21H28ClNO5S2/c1-14-17-11-15(22)8-9-18(17)29-20(14)30(25,26)23-10-6-5-7-16(23)12-27-13-19(24)28-21(2,3)4/h8-9,11,16H,5-7,10,12-13H2,1-4H3. The topological polar surface area (TPSA) is 72.9 Å². The Kier molecular flexibility index (Phi) is 7.14. The Labute approximate surface area is 187 Å². The van der Waals surface area contributed by atoms with Gasteiger partial charge in [0, 0.05) is 22.3 Å². The molecule has 0 N–H and O–H groups in total. The SMILES string of the molecule is Cc1c(S(=O)(=O)N2CCCCC2COCC(=O)OC(C)(C)C)sc2ccc(Cl)cc12. The summed E-state index contributed by atoms with van der Waals surface area (Å²) in [6.07, 6.45) is 2.42. The molecule has 1 aromatic carbocycles. The van der Waals surface area contributed by atoms with Crippen molar-refractivity contribution in [2.24, 2.45) is 0 Å². The van der Waals surface area contributed by atoms with Crippen LogP contribution >= 0.6 is 22.9 Å². The minimum atomic E-state index is -3.68. The van der Waals surface area contributed by atoms with E-state index in [9.17, 15) is 13.2 Å². The Morgan fingerprint density at radius 2 is 2.03 bits per heavy atom. The number of hydrogen-bond donors (Lipinski definition) is 0. The summed E-state index contributed by atoms with van der Waals surface area (Å²) in [5, 5.41) is 1.44. The van der Waals surface area contributed by atoms with Crippen LogP contribution in [0, 0.1) is 6.92 Å². The number of thiophene rings is 1. The highest BCUT2D eigenvalue weighted by Crippen LogP contribution is 2.38. The third kappa shape index (κ3) is 5.34. The van der Waals surface area contributed by atoms with Gasteiger partial charge in [0.2, 0.25) is 0 Å². The molecule has 0 amide bonds. The molecular weight excluding hydrogens is 446 g/mol. The lowest BCUT2D eigenvalue weighted by atomic mass is 10.1. The number of sulfonamides is 1. The molecule has 1 unspecified atom stereocenters. The molecule has 166 valence electrons. The summed E-state index contributed by atoms with van der Waals surface area (Å²) in [4.78, 5) is 11.9. The quantitative estimate of drug-likeness (QED) is 0.565. The van der Waals surface area contributed by atoms with Crippen molar-refractivity contribution in [3.63, 3.8) is 0 Å². The molecule has 1 saturated heterocycles. The van der Waals surface area contributed by atoms with Gasteiger partial charge in [-0.2, -0.15) is 4.31 Å². The van der Waals surface area contributed by atoms with E-state index in [2.05, 4.69) is 0 Å². The summed E-state index contributed by atoms with van der Waals surface area (Å²) >= 11 is 7.37. The molecule has 1 fully saturated rings. The fourth-order valence-corrected chi connectivity index (χ4v) is 7.34. The highest BCUT2D eigenvalue weighted by atomic mass is 35.5. The van der Waals surface area contributed by atoms with Gasteiger partial charge < -0.3 is 9.47 Å². The number of esters is 1. The zero-order valence-electron chi connectivity index (χ0n) is 17.7. The number of hydrogen-bond acceptors (Lipinski definition) is 6. The molecule has 2 heterocycles. The first-order valence-corrected chi connectivity index (χ1v) is 12.6. The molecule has 0 bridgehead atoms. The maximum Gasteiger partial charge on any atom is 0.332 e. The lowest BCUT2D eigenvalue weighted by Crippen LogP contribution is -2.46. The Hall–Kier alpha value is -1.19. The van der Waals surface area contributed by atoms with Crippen molar-refractivity contribution in [3.05, 3.63) is 28.8 Å². The first-order valence-electron chi connectivity index (χ1n) is 9.99. The second-order valence-corrected chi connectivity index (χ2v) is 12.1. The molecular formula is C21H28ClNO5S2. The number of benzene rings is 1. The Balaban J connectivity index is 1.77. The normalized spacial score (nSPS) is 18.6. The number of aryl methyl sites for hydroxylation is 1. The van der Waals surface area contributed by atoms with Crippen LogP contribution in [0.2, 0.25) is 5.02 Å². The number of carbonyl (C=O) groups is 1. The van der Waals surface area contributed by atoms with Gasteiger partial charge in [0.25, 0.3) is 10.0 Å². The van der Waals surface area contributed by atoms with Crippen LogP contribution in [0.3, 0.4) is 0 Å². The summed E-state index contributed by atoms with van der Waals surface area (Å²) in [7, 11) is -3.68. The van der Waals surface area contributed by atoms with Gasteiger partial charge in [0.15, 0.2) is 0 Å². The molecule has 9 heteroatoms. The van der Waals surface area contributed by atoms with Crippen LogP contribution in [-0.2, 0) is 24.3 Å². The summed E-state index contributed by atoms with van der Waals surface area (Å²) < 4.78 is 40.6. The van der Waals surface area contributed by atoms with E-state index in [0.717, 1.165) is 28.5 Å². The van der Waals surface area contributed by atoms with E-state index in [1.807, 2.05) is 13.0 Å². The summed E-state index contributed by atoms with van der Waals surface area (Å²) in [5.41, 5.74) is 0.138. The number of halogens is 1. The number of carbonyl (C=O) groups excluding carboxylic acids is 1. The third-order valence-corrected chi connectivity index (χ3v) is 8.98. The maximum atomic E-state index is 13.5. The van der Waals surface area contributed by atoms with Gasteiger partial charge >= 0.3 is 5.97 Å². The molecule has 2 aromatic rings. The molecule has 30 heavy (non-hydrogen) atoms. The van der Waals surface area contributed by atoms with Gasteiger partial charge in [-0.1, -0.05) is 18.0 Å². The van der Waals surface area contributed by atoms with Crippen molar-refractivity contribution in [2.45, 2.75) is 62.8 Å². The number of fused-ring (bicyclic) bond motifs is 1. The van der Waals surface area contributed by atoms with Gasteiger partial charge in [-0.25, -0.2) is 13.2 Å². The maximum absolute atomic E-state index is 13.5. The van der Waals surface area contributed by atoms with E-state index in [4.69, 9.17) is 21.1 Å². The predicted octanol–water partition coefficient (Wildman–Crippen LogP) is 4.76.